The molecular weight excluding hydrogens is 176 g/mol. The molecule has 1 aromatic rings. The van der Waals surface area contributed by atoms with Crippen molar-refractivity contribution in [2.75, 3.05) is 13.7 Å². The van der Waals surface area contributed by atoms with Gasteiger partial charge in [-0.2, -0.15) is 0 Å². The third kappa shape index (κ3) is 2.45. The van der Waals surface area contributed by atoms with Crippen LogP contribution in [0.15, 0.2) is 18.3 Å². The third-order valence-corrected chi connectivity index (χ3v) is 2.21. The van der Waals surface area contributed by atoms with Crippen LogP contribution in [0.2, 0.25) is 0 Å². The highest BCUT2D eigenvalue weighted by molar-refractivity contribution is 5.29. The van der Waals surface area contributed by atoms with Crippen molar-refractivity contribution in [1.29, 1.82) is 0 Å². The van der Waals surface area contributed by atoms with Crippen molar-refractivity contribution in [3.05, 3.63) is 24.0 Å². The highest BCUT2D eigenvalue weighted by Gasteiger charge is 2.13. The van der Waals surface area contributed by atoms with Crippen molar-refractivity contribution in [2.24, 2.45) is 0 Å². The van der Waals surface area contributed by atoms with Gasteiger partial charge in [-0.25, -0.2) is 0 Å². The predicted octanol–water partition coefficient (Wildman–Crippen LogP) is 2.15. The molecule has 0 amide bonds. The maximum absolute atomic E-state index is 5.27. The van der Waals surface area contributed by atoms with Crippen LogP contribution >= 0.6 is 0 Å². The number of hydrogen-bond donors (Lipinski definition) is 1. The minimum absolute atomic E-state index is 0.288. The second kappa shape index (κ2) is 5.60. The first-order valence-corrected chi connectivity index (χ1v) is 5.05. The summed E-state index contributed by atoms with van der Waals surface area (Å²) >= 11 is 0. The molecule has 1 atom stereocenters. The number of methoxy groups -OCH3 is 1. The van der Waals surface area contributed by atoms with Gasteiger partial charge in [-0.1, -0.05) is 13.8 Å². The molecule has 14 heavy (non-hydrogen) atoms. The minimum Gasteiger partial charge on any atom is -0.495 e. The zero-order valence-electron chi connectivity index (χ0n) is 9.08. The molecule has 0 aliphatic rings. The fraction of sp³-hybridized carbons (Fsp3) is 0.545. The topological polar surface area (TPSA) is 34.2 Å². The number of aromatic nitrogens is 1. The van der Waals surface area contributed by atoms with E-state index in [0.29, 0.717) is 0 Å². The number of pyridine rings is 1. The monoisotopic (exact) mass is 194 g/mol. The van der Waals surface area contributed by atoms with Crippen LogP contribution in [0.25, 0.3) is 0 Å². The largest absolute Gasteiger partial charge is 0.495 e. The van der Waals surface area contributed by atoms with Gasteiger partial charge in [0.1, 0.15) is 5.75 Å². The molecule has 1 aromatic heterocycles. The Morgan fingerprint density at radius 2 is 2.29 bits per heavy atom. The smallest absolute Gasteiger partial charge is 0.141 e. The van der Waals surface area contributed by atoms with E-state index in [-0.39, 0.29) is 6.04 Å². The van der Waals surface area contributed by atoms with Crippen LogP contribution < -0.4 is 10.1 Å². The molecule has 1 heterocycles. The Hall–Kier alpha value is -1.09. The zero-order chi connectivity index (χ0) is 10.4. The SMILES string of the molecule is CCNC(CC)c1ncccc1OC. The lowest BCUT2D eigenvalue weighted by Gasteiger charge is -2.17. The van der Waals surface area contributed by atoms with Gasteiger partial charge >= 0.3 is 0 Å². The van der Waals surface area contributed by atoms with Gasteiger partial charge in [-0.15, -0.1) is 0 Å². The summed E-state index contributed by atoms with van der Waals surface area (Å²) in [7, 11) is 1.68. The first kappa shape index (κ1) is 11.0. The zero-order valence-corrected chi connectivity index (χ0v) is 9.08. The van der Waals surface area contributed by atoms with Gasteiger partial charge in [0.05, 0.1) is 18.8 Å². The molecule has 3 heteroatoms. The Bertz CT molecular complexity index is 276. The Morgan fingerprint density at radius 3 is 2.86 bits per heavy atom. The number of nitrogens with one attached hydrogen (secondary N) is 1. The minimum atomic E-state index is 0.288. The number of hydrogen-bond acceptors (Lipinski definition) is 3. The molecule has 0 saturated heterocycles. The molecule has 1 rings (SSSR count). The van der Waals surface area contributed by atoms with Crippen molar-refractivity contribution >= 4 is 0 Å². The van der Waals surface area contributed by atoms with Crippen molar-refractivity contribution < 1.29 is 4.74 Å². The Balaban J connectivity index is 2.90. The van der Waals surface area contributed by atoms with E-state index in [9.17, 15) is 0 Å². The molecular formula is C11H18N2O. The van der Waals surface area contributed by atoms with Crippen LogP contribution in [-0.2, 0) is 0 Å². The maximum Gasteiger partial charge on any atom is 0.141 e. The predicted molar refractivity (Wildman–Crippen MR) is 57.5 cm³/mol. The summed E-state index contributed by atoms with van der Waals surface area (Å²) in [6.07, 6.45) is 2.82. The van der Waals surface area contributed by atoms with E-state index in [1.807, 2.05) is 12.1 Å². The summed E-state index contributed by atoms with van der Waals surface area (Å²) in [4.78, 5) is 4.35. The molecule has 0 spiro atoms. The molecule has 0 saturated carbocycles. The van der Waals surface area contributed by atoms with E-state index in [1.54, 1.807) is 13.3 Å². The highest BCUT2D eigenvalue weighted by atomic mass is 16.5. The lowest BCUT2D eigenvalue weighted by atomic mass is 10.1. The Morgan fingerprint density at radius 1 is 1.50 bits per heavy atom. The molecule has 0 radical (unpaired) electrons. The molecule has 1 unspecified atom stereocenters. The molecule has 0 bridgehead atoms. The molecule has 1 N–H and O–H groups in total. The van der Waals surface area contributed by atoms with Crippen molar-refractivity contribution in [3.63, 3.8) is 0 Å². The average molecular weight is 194 g/mol. The molecule has 0 aromatic carbocycles. The van der Waals surface area contributed by atoms with Crippen molar-refractivity contribution in [3.8, 4) is 5.75 Å². The second-order valence-electron chi connectivity index (χ2n) is 3.11. The third-order valence-electron chi connectivity index (χ3n) is 2.21. The number of rotatable bonds is 5. The average Bonchev–Trinajstić information content (AvgIpc) is 2.26. The lowest BCUT2D eigenvalue weighted by Crippen LogP contribution is -2.21. The van der Waals surface area contributed by atoms with E-state index in [0.717, 1.165) is 24.4 Å². The van der Waals surface area contributed by atoms with E-state index in [2.05, 4.69) is 24.1 Å². The van der Waals surface area contributed by atoms with Crippen LogP contribution in [0.4, 0.5) is 0 Å². The number of nitrogens with zero attached hydrogens (tertiary/aromatic N) is 1. The number of ether oxygens (including phenoxy) is 1. The lowest BCUT2D eigenvalue weighted by molar-refractivity contribution is 0.393. The van der Waals surface area contributed by atoms with Gasteiger partial charge in [0.15, 0.2) is 0 Å². The van der Waals surface area contributed by atoms with Crippen LogP contribution in [0, 0.1) is 0 Å². The molecule has 0 aliphatic carbocycles. The summed E-state index contributed by atoms with van der Waals surface area (Å²) in [5.41, 5.74) is 0.999. The van der Waals surface area contributed by atoms with Gasteiger partial charge in [0.25, 0.3) is 0 Å². The van der Waals surface area contributed by atoms with Gasteiger partial charge in [0, 0.05) is 6.20 Å². The van der Waals surface area contributed by atoms with Gasteiger partial charge < -0.3 is 10.1 Å². The fourth-order valence-corrected chi connectivity index (χ4v) is 1.52. The summed E-state index contributed by atoms with van der Waals surface area (Å²) in [5, 5.41) is 3.38. The summed E-state index contributed by atoms with van der Waals surface area (Å²) in [5.74, 6) is 0.861. The van der Waals surface area contributed by atoms with E-state index in [4.69, 9.17) is 4.74 Å². The van der Waals surface area contributed by atoms with Crippen LogP contribution in [-0.4, -0.2) is 18.6 Å². The van der Waals surface area contributed by atoms with Crippen LogP contribution in [0.5, 0.6) is 5.75 Å². The molecule has 78 valence electrons. The molecule has 0 aliphatic heterocycles. The Labute approximate surface area is 85.5 Å². The summed E-state index contributed by atoms with van der Waals surface area (Å²) in [6, 6.07) is 4.12. The Kier molecular flexibility index (Phi) is 4.40. The summed E-state index contributed by atoms with van der Waals surface area (Å²) in [6.45, 7) is 5.18. The quantitative estimate of drug-likeness (QED) is 0.780. The van der Waals surface area contributed by atoms with Crippen LogP contribution in [0.3, 0.4) is 0 Å². The van der Waals surface area contributed by atoms with Gasteiger partial charge in [-0.05, 0) is 25.1 Å². The first-order valence-electron chi connectivity index (χ1n) is 5.05. The van der Waals surface area contributed by atoms with E-state index >= 15 is 0 Å². The standard InChI is InChI=1S/C11H18N2O/c1-4-9(12-5-2)11-10(14-3)7-6-8-13-11/h6-9,12H,4-5H2,1-3H3. The summed E-state index contributed by atoms with van der Waals surface area (Å²) < 4.78 is 5.27. The van der Waals surface area contributed by atoms with Gasteiger partial charge in [0.2, 0.25) is 0 Å². The van der Waals surface area contributed by atoms with E-state index < -0.39 is 0 Å². The first-order chi connectivity index (χ1) is 6.83. The highest BCUT2D eigenvalue weighted by Crippen LogP contribution is 2.23. The molecule has 0 fully saturated rings. The van der Waals surface area contributed by atoms with Crippen molar-refractivity contribution in [2.45, 2.75) is 26.3 Å². The fourth-order valence-electron chi connectivity index (χ4n) is 1.52. The van der Waals surface area contributed by atoms with E-state index in [1.165, 1.54) is 0 Å². The maximum atomic E-state index is 5.27. The normalized spacial score (nSPS) is 12.5. The van der Waals surface area contributed by atoms with Crippen LogP contribution in [0.1, 0.15) is 32.0 Å². The van der Waals surface area contributed by atoms with Gasteiger partial charge in [-0.3, -0.25) is 4.98 Å². The second-order valence-corrected chi connectivity index (χ2v) is 3.11. The molecule has 3 nitrogen and oxygen atoms in total. The van der Waals surface area contributed by atoms with Crippen molar-refractivity contribution in [1.82, 2.24) is 10.3 Å².